The topological polar surface area (TPSA) is 60.9 Å². The molecule has 0 amide bonds. The van der Waals surface area contributed by atoms with E-state index in [1.165, 1.54) is 12.3 Å². The van der Waals surface area contributed by atoms with Crippen LogP contribution in [-0.2, 0) is 6.42 Å². The third-order valence-corrected chi connectivity index (χ3v) is 5.84. The molecule has 0 saturated heterocycles. The van der Waals surface area contributed by atoms with Crippen LogP contribution in [0.2, 0.25) is 0 Å². The highest BCUT2D eigenvalue weighted by molar-refractivity contribution is 9.11. The number of nitrogens with zero attached hydrogens (tertiary/aromatic N) is 3. The smallest absolute Gasteiger partial charge is 0.340 e. The Bertz CT molecular complexity index is 1080. The molecule has 4 rings (SSSR count). The van der Waals surface area contributed by atoms with Crippen molar-refractivity contribution < 1.29 is 13.5 Å². The summed E-state index contributed by atoms with van der Waals surface area (Å²) in [6, 6.07) is 8.40. The number of hydrogen-bond acceptors (Lipinski definition) is 4. The third kappa shape index (κ3) is 2.92. The summed E-state index contributed by atoms with van der Waals surface area (Å²) in [5, 5.41) is 13.4. The van der Waals surface area contributed by atoms with Crippen molar-refractivity contribution in [1.29, 1.82) is 0 Å². The molecule has 2 aromatic rings. The van der Waals surface area contributed by atoms with E-state index in [-0.39, 0.29) is 18.2 Å². The molecular weight excluding hydrogens is 413 g/mol. The molecule has 7 heteroatoms. The average Bonchev–Trinajstić information content (AvgIpc) is 3.14. The fourth-order valence-corrected chi connectivity index (χ4v) is 3.76. The number of aryl methyl sites for hydroxylation is 2. The fourth-order valence-electron chi connectivity index (χ4n) is 3.27. The van der Waals surface area contributed by atoms with E-state index in [2.05, 4.69) is 25.9 Å². The van der Waals surface area contributed by atoms with Gasteiger partial charge in [0.25, 0.3) is 0 Å². The van der Waals surface area contributed by atoms with Crippen molar-refractivity contribution in [1.82, 2.24) is 0 Å². The molecular formula is C20H17BrFN3O2. The van der Waals surface area contributed by atoms with Crippen LogP contribution in [0.4, 0.5) is 4.39 Å². The summed E-state index contributed by atoms with van der Waals surface area (Å²) in [4.78, 5) is 8.94. The lowest BCUT2D eigenvalue weighted by molar-refractivity contribution is -0.675. The standard InChI is InChI=1S/C20H17BrFN3O2/c1-11-8-15(13(3)27-11)18-10-25(26)19(21)12(2)17(23-20(25)24-18)9-14-6-4-5-7-16(14)22/h4-8,10H,9H2,1-3H3. The first-order valence-corrected chi connectivity index (χ1v) is 9.26. The first-order valence-electron chi connectivity index (χ1n) is 8.47. The number of fused-ring (bicyclic) bond motifs is 1. The van der Waals surface area contributed by atoms with Crippen LogP contribution in [-0.4, -0.2) is 16.3 Å². The van der Waals surface area contributed by atoms with Crippen molar-refractivity contribution in [3.05, 3.63) is 80.4 Å². The van der Waals surface area contributed by atoms with E-state index in [0.717, 1.165) is 11.3 Å². The monoisotopic (exact) mass is 429 g/mol. The Morgan fingerprint density at radius 3 is 2.59 bits per heavy atom. The number of furan rings is 1. The van der Waals surface area contributed by atoms with Crippen molar-refractivity contribution in [3.8, 4) is 0 Å². The quantitative estimate of drug-likeness (QED) is 0.375. The van der Waals surface area contributed by atoms with Crippen LogP contribution in [0, 0.1) is 24.9 Å². The van der Waals surface area contributed by atoms with Gasteiger partial charge in [-0.15, -0.1) is 0 Å². The maximum Gasteiger partial charge on any atom is 0.340 e. The lowest BCUT2D eigenvalue weighted by Crippen LogP contribution is -2.41. The minimum atomic E-state index is -0.897. The Balaban J connectivity index is 1.77. The van der Waals surface area contributed by atoms with Gasteiger partial charge in [0.2, 0.25) is 0 Å². The molecule has 0 bridgehead atoms. The number of halogens is 2. The highest BCUT2D eigenvalue weighted by atomic mass is 79.9. The number of hydroxylamine groups is 3. The summed E-state index contributed by atoms with van der Waals surface area (Å²) in [6.07, 6.45) is 1.79. The lowest BCUT2D eigenvalue weighted by atomic mass is 10.0. The first-order chi connectivity index (χ1) is 12.8. The fraction of sp³-hybridized carbons (Fsp3) is 0.200. The van der Waals surface area contributed by atoms with Crippen molar-refractivity contribution in [2.45, 2.75) is 27.2 Å². The van der Waals surface area contributed by atoms with Gasteiger partial charge in [0, 0.05) is 33.5 Å². The van der Waals surface area contributed by atoms with Gasteiger partial charge in [0.15, 0.2) is 4.61 Å². The van der Waals surface area contributed by atoms with Crippen LogP contribution in [0.25, 0.3) is 5.70 Å². The third-order valence-electron chi connectivity index (χ3n) is 4.72. The van der Waals surface area contributed by atoms with E-state index in [9.17, 15) is 9.60 Å². The number of aliphatic imine (C=N–C) groups is 2. The zero-order valence-corrected chi connectivity index (χ0v) is 16.7. The number of quaternary nitrogens is 1. The van der Waals surface area contributed by atoms with Crippen LogP contribution in [0.1, 0.15) is 29.6 Å². The minimum Gasteiger partial charge on any atom is -0.614 e. The molecule has 27 heavy (non-hydrogen) atoms. The van der Waals surface area contributed by atoms with Crippen molar-refractivity contribution in [2.24, 2.45) is 9.98 Å². The van der Waals surface area contributed by atoms with Gasteiger partial charge >= 0.3 is 5.96 Å². The zero-order chi connectivity index (χ0) is 19.3. The largest absolute Gasteiger partial charge is 0.614 e. The van der Waals surface area contributed by atoms with Gasteiger partial charge in [0.05, 0.1) is 5.71 Å². The number of benzene rings is 1. The normalized spacial score (nSPS) is 21.8. The summed E-state index contributed by atoms with van der Waals surface area (Å²) < 4.78 is 19.1. The van der Waals surface area contributed by atoms with Gasteiger partial charge in [-0.1, -0.05) is 18.2 Å². The summed E-state index contributed by atoms with van der Waals surface area (Å²) in [7, 11) is 0. The molecule has 0 radical (unpaired) electrons. The molecule has 0 aliphatic carbocycles. The molecule has 1 atom stereocenters. The number of allylic oxidation sites excluding steroid dienone is 1. The molecule has 0 N–H and O–H groups in total. The summed E-state index contributed by atoms with van der Waals surface area (Å²) in [5.41, 5.74) is 3.12. The Labute approximate surface area is 164 Å². The highest BCUT2D eigenvalue weighted by Gasteiger charge is 2.40. The number of guanidine groups is 1. The minimum absolute atomic E-state index is 0.104. The SMILES string of the molecule is CC1=C(Br)[N+]2([O-])C=C(c3cc(C)oc3C)N=C2N=C1Cc1ccccc1F. The molecule has 1 aromatic heterocycles. The highest BCUT2D eigenvalue weighted by Crippen LogP contribution is 2.40. The number of hydrogen-bond donors (Lipinski definition) is 0. The number of rotatable bonds is 3. The van der Waals surface area contributed by atoms with Gasteiger partial charge < -0.3 is 9.62 Å². The molecule has 5 nitrogen and oxygen atoms in total. The van der Waals surface area contributed by atoms with E-state index < -0.39 is 4.65 Å². The molecule has 0 spiro atoms. The Kier molecular flexibility index (Phi) is 4.25. The Hall–Kier alpha value is -2.35. The van der Waals surface area contributed by atoms with Gasteiger partial charge in [-0.25, -0.2) is 9.04 Å². The van der Waals surface area contributed by atoms with Gasteiger partial charge in [0.1, 0.15) is 29.2 Å². The van der Waals surface area contributed by atoms with Crippen molar-refractivity contribution in [3.63, 3.8) is 0 Å². The molecule has 1 unspecified atom stereocenters. The van der Waals surface area contributed by atoms with Crippen LogP contribution in [0.3, 0.4) is 0 Å². The van der Waals surface area contributed by atoms with E-state index in [4.69, 9.17) is 4.42 Å². The van der Waals surface area contributed by atoms with Crippen molar-refractivity contribution in [2.75, 3.05) is 0 Å². The maximum absolute atomic E-state index is 14.0. The van der Waals surface area contributed by atoms with E-state index in [1.807, 2.05) is 19.9 Å². The van der Waals surface area contributed by atoms with Crippen LogP contribution < -0.4 is 0 Å². The van der Waals surface area contributed by atoms with Gasteiger partial charge in [-0.3, -0.25) is 0 Å². The predicted molar refractivity (Wildman–Crippen MR) is 106 cm³/mol. The molecule has 0 saturated carbocycles. The van der Waals surface area contributed by atoms with Gasteiger partial charge in [-0.05, 0) is 38.5 Å². The Morgan fingerprint density at radius 2 is 1.93 bits per heavy atom. The van der Waals surface area contributed by atoms with Crippen LogP contribution in [0.5, 0.6) is 0 Å². The van der Waals surface area contributed by atoms with Crippen LogP contribution in [0.15, 0.2) is 61.1 Å². The second-order valence-corrected chi connectivity index (χ2v) is 7.40. The van der Waals surface area contributed by atoms with E-state index >= 15 is 0 Å². The van der Waals surface area contributed by atoms with E-state index in [1.54, 1.807) is 25.1 Å². The Morgan fingerprint density at radius 1 is 1.19 bits per heavy atom. The second kappa shape index (κ2) is 6.37. The zero-order valence-electron chi connectivity index (χ0n) is 15.1. The molecule has 2 aliphatic rings. The second-order valence-electron chi connectivity index (χ2n) is 6.65. The van der Waals surface area contributed by atoms with E-state index in [0.29, 0.717) is 32.9 Å². The lowest BCUT2D eigenvalue weighted by Gasteiger charge is -2.36. The first kappa shape index (κ1) is 18.0. The van der Waals surface area contributed by atoms with Gasteiger partial charge in [-0.2, -0.15) is 9.98 Å². The molecule has 0 fully saturated rings. The summed E-state index contributed by atoms with van der Waals surface area (Å²) in [6.45, 7) is 5.48. The average molecular weight is 430 g/mol. The van der Waals surface area contributed by atoms with Crippen LogP contribution >= 0.6 is 15.9 Å². The maximum atomic E-state index is 14.0. The molecule has 3 heterocycles. The molecule has 138 valence electrons. The predicted octanol–water partition coefficient (Wildman–Crippen LogP) is 5.34. The summed E-state index contributed by atoms with van der Waals surface area (Å²) in [5.74, 6) is 1.25. The molecule has 2 aliphatic heterocycles. The van der Waals surface area contributed by atoms with Crippen molar-refractivity contribution >= 4 is 33.3 Å². The summed E-state index contributed by atoms with van der Waals surface area (Å²) >= 11 is 3.43. The molecule has 1 aromatic carbocycles.